The van der Waals surface area contributed by atoms with E-state index in [0.29, 0.717) is 18.4 Å². The van der Waals surface area contributed by atoms with Crippen molar-refractivity contribution in [2.24, 2.45) is 10.3 Å². The Bertz CT molecular complexity index is 1600. The lowest BCUT2D eigenvalue weighted by Gasteiger charge is -2.44. The molecule has 0 radical (unpaired) electrons. The van der Waals surface area contributed by atoms with E-state index in [4.69, 9.17) is 0 Å². The summed E-state index contributed by atoms with van der Waals surface area (Å²) in [6, 6.07) is 4.34. The van der Waals surface area contributed by atoms with Gasteiger partial charge in [-0.05, 0) is 42.3 Å². The van der Waals surface area contributed by atoms with Crippen LogP contribution in [0, 0.1) is 18.7 Å². The average Bonchev–Trinajstić information content (AvgIpc) is 3.26. The summed E-state index contributed by atoms with van der Waals surface area (Å²) in [7, 11) is -7.88. The molecular weight excluding hydrogens is 555 g/mol. The molecule has 1 fully saturated rings. The molecule has 2 aliphatic heterocycles. The molecule has 1 amide bonds. The van der Waals surface area contributed by atoms with E-state index in [1.54, 1.807) is 24.0 Å². The van der Waals surface area contributed by atoms with Gasteiger partial charge in [0.25, 0.3) is 15.9 Å². The van der Waals surface area contributed by atoms with Crippen molar-refractivity contribution in [3.05, 3.63) is 57.4 Å². The zero-order valence-corrected chi connectivity index (χ0v) is 23.1. The van der Waals surface area contributed by atoms with E-state index in [1.165, 1.54) is 11.4 Å². The van der Waals surface area contributed by atoms with Gasteiger partial charge in [-0.2, -0.15) is 8.42 Å². The first kappa shape index (κ1) is 26.8. The summed E-state index contributed by atoms with van der Waals surface area (Å²) in [6.07, 6.45) is 4.00. The fourth-order valence-corrected chi connectivity index (χ4v) is 8.32. The molecular formula is C24H27FN4O6S3. The van der Waals surface area contributed by atoms with Crippen LogP contribution in [0.5, 0.6) is 0 Å². The van der Waals surface area contributed by atoms with Crippen molar-refractivity contribution in [1.29, 1.82) is 0 Å². The number of benzene rings is 1. The van der Waals surface area contributed by atoms with Crippen molar-refractivity contribution in [2.45, 2.75) is 56.6 Å². The van der Waals surface area contributed by atoms with Crippen LogP contribution in [0.25, 0.3) is 0 Å². The number of aryl methyl sites for hydroxylation is 1. The van der Waals surface area contributed by atoms with E-state index in [2.05, 4.69) is 14.4 Å². The normalized spacial score (nSPS) is 23.0. The van der Waals surface area contributed by atoms with Crippen molar-refractivity contribution in [1.82, 2.24) is 9.62 Å². The molecule has 14 heteroatoms. The maximum Gasteiger partial charge on any atom is 0.287 e. The van der Waals surface area contributed by atoms with Gasteiger partial charge in [0.15, 0.2) is 5.84 Å². The maximum atomic E-state index is 13.8. The molecule has 1 saturated carbocycles. The molecule has 1 aromatic carbocycles. The van der Waals surface area contributed by atoms with Crippen LogP contribution in [0.1, 0.15) is 42.4 Å². The largest absolute Gasteiger partial charge is 0.511 e. The highest BCUT2D eigenvalue weighted by atomic mass is 32.2. The van der Waals surface area contributed by atoms with Crippen molar-refractivity contribution in [3.63, 3.8) is 0 Å². The van der Waals surface area contributed by atoms with Gasteiger partial charge in [0.2, 0.25) is 10.0 Å². The molecule has 3 N–H and O–H groups in total. The van der Waals surface area contributed by atoms with E-state index < -0.39 is 26.0 Å². The first-order valence-corrected chi connectivity index (χ1v) is 16.2. The third-order valence-electron chi connectivity index (χ3n) is 7.07. The smallest absolute Gasteiger partial charge is 0.287 e. The number of carbonyl (C=O) groups excluding carboxylic acids is 1. The van der Waals surface area contributed by atoms with Crippen LogP contribution in [0.2, 0.25) is 0 Å². The molecule has 0 bridgehead atoms. The molecule has 204 valence electrons. The van der Waals surface area contributed by atoms with Crippen LogP contribution in [0.15, 0.2) is 44.2 Å². The van der Waals surface area contributed by atoms with Crippen molar-refractivity contribution < 1.29 is 31.1 Å². The molecule has 38 heavy (non-hydrogen) atoms. The van der Waals surface area contributed by atoms with E-state index >= 15 is 0 Å². The number of amidine groups is 1. The van der Waals surface area contributed by atoms with Crippen LogP contribution in [-0.4, -0.2) is 50.9 Å². The molecule has 1 aromatic heterocycles. The highest BCUT2D eigenvalue weighted by molar-refractivity contribution is 7.91. The number of halogens is 1. The Morgan fingerprint density at radius 3 is 2.74 bits per heavy atom. The molecule has 10 nitrogen and oxygen atoms in total. The first-order valence-electron chi connectivity index (χ1n) is 12.0. The van der Waals surface area contributed by atoms with Gasteiger partial charge in [-0.15, -0.1) is 15.7 Å². The highest BCUT2D eigenvalue weighted by Crippen LogP contribution is 2.42. The number of aliphatic hydroxyl groups is 1. The summed E-state index contributed by atoms with van der Waals surface area (Å²) in [6.45, 7) is 1.57. The van der Waals surface area contributed by atoms with Crippen LogP contribution in [0.4, 0.5) is 9.39 Å². The Hall–Kier alpha value is -2.81. The zero-order valence-electron chi connectivity index (χ0n) is 20.7. The van der Waals surface area contributed by atoms with E-state index in [9.17, 15) is 31.1 Å². The number of carbonyl (C=O) groups is 1. The summed E-state index contributed by atoms with van der Waals surface area (Å²) < 4.78 is 69.4. The molecule has 2 atom stereocenters. The molecule has 0 saturated heterocycles. The second kappa shape index (κ2) is 9.74. The van der Waals surface area contributed by atoms with Crippen LogP contribution in [0.3, 0.4) is 0 Å². The molecule has 2 unspecified atom stereocenters. The van der Waals surface area contributed by atoms with E-state index in [0.717, 1.165) is 36.0 Å². The van der Waals surface area contributed by atoms with Gasteiger partial charge in [0.05, 0.1) is 6.26 Å². The summed E-state index contributed by atoms with van der Waals surface area (Å²) in [5, 5.41) is 15.8. The third kappa shape index (κ3) is 4.97. The van der Waals surface area contributed by atoms with Gasteiger partial charge in [0.1, 0.15) is 27.0 Å². The summed E-state index contributed by atoms with van der Waals surface area (Å²) in [5.41, 5.74) is 1.18. The SMILES string of the molecule is Cc1cc(CN2C(=O)C(C3=NS(=O)(=O)c4c(CNS(C)(=O)=O)csc4N3)=C(O)C3CCCCC32)ccc1F. The number of fused-ring (bicyclic) bond motifs is 2. The standard InChI is InChI=1S/C24H27FN4O6S3/c1-13-9-14(7-8-17(13)25)11-29-18-6-4-3-5-16(18)20(30)19(24(29)31)22-27-23-21(38(34,35)28-22)15(12-36-23)10-26-37(2,32)33/h7-9,12,16,18,26,30H,3-6,10-11H2,1-2H3,(H,27,28). The van der Waals surface area contributed by atoms with Gasteiger partial charge in [-0.25, -0.2) is 17.5 Å². The molecule has 3 aliphatic rings. The zero-order chi connectivity index (χ0) is 27.4. The first-order chi connectivity index (χ1) is 17.9. The van der Waals surface area contributed by atoms with Crippen LogP contribution in [-0.2, 0) is 37.9 Å². The Labute approximate surface area is 224 Å². The Balaban J connectivity index is 1.52. The van der Waals surface area contributed by atoms with Crippen LogP contribution >= 0.6 is 11.3 Å². The maximum absolute atomic E-state index is 13.8. The van der Waals surface area contributed by atoms with Gasteiger partial charge in [-0.1, -0.05) is 25.0 Å². The van der Waals surface area contributed by atoms with Gasteiger partial charge in [0, 0.05) is 30.6 Å². The Morgan fingerprint density at radius 2 is 2.03 bits per heavy atom. The minimum absolute atomic E-state index is 0.167. The fourth-order valence-electron chi connectivity index (χ4n) is 5.29. The second-order valence-electron chi connectivity index (χ2n) is 9.79. The lowest BCUT2D eigenvalue weighted by atomic mass is 9.78. The number of rotatable bonds is 6. The number of hydrogen-bond donors (Lipinski definition) is 3. The lowest BCUT2D eigenvalue weighted by molar-refractivity contribution is -0.133. The summed E-state index contributed by atoms with van der Waals surface area (Å²) in [4.78, 5) is 15.3. The third-order valence-corrected chi connectivity index (χ3v) is 10.2. The second-order valence-corrected chi connectivity index (χ2v) is 14.0. The number of anilines is 1. The predicted octanol–water partition coefficient (Wildman–Crippen LogP) is 3.17. The molecule has 1 aliphatic carbocycles. The number of nitrogens with one attached hydrogen (secondary N) is 2. The van der Waals surface area contributed by atoms with E-state index in [1.807, 2.05) is 0 Å². The molecule has 0 spiro atoms. The number of thiophene rings is 1. The highest BCUT2D eigenvalue weighted by Gasteiger charge is 2.46. The Morgan fingerprint density at radius 1 is 1.29 bits per heavy atom. The van der Waals surface area contributed by atoms with Crippen LogP contribution < -0.4 is 10.0 Å². The predicted molar refractivity (Wildman–Crippen MR) is 141 cm³/mol. The minimum Gasteiger partial charge on any atom is -0.511 e. The fraction of sp³-hybridized carbons (Fsp3) is 0.417. The van der Waals surface area contributed by atoms with E-state index in [-0.39, 0.29) is 63.5 Å². The molecule has 5 rings (SSSR count). The Kier molecular flexibility index (Phi) is 6.86. The van der Waals surface area contributed by atoms with Crippen molar-refractivity contribution in [3.8, 4) is 0 Å². The average molecular weight is 583 g/mol. The summed E-state index contributed by atoms with van der Waals surface area (Å²) in [5.74, 6) is -1.76. The van der Waals surface area contributed by atoms with Gasteiger partial charge >= 0.3 is 0 Å². The minimum atomic E-state index is -4.32. The van der Waals surface area contributed by atoms with Gasteiger partial charge < -0.3 is 15.3 Å². The number of aliphatic hydroxyl groups excluding tert-OH is 1. The quantitative estimate of drug-likeness (QED) is 0.474. The van der Waals surface area contributed by atoms with Gasteiger partial charge in [-0.3, -0.25) is 4.79 Å². The van der Waals surface area contributed by atoms with Crippen molar-refractivity contribution >= 4 is 48.1 Å². The topological polar surface area (TPSA) is 145 Å². The number of amides is 1. The molecule has 3 heterocycles. The lowest BCUT2D eigenvalue weighted by Crippen LogP contribution is -2.52. The number of nitrogens with zero attached hydrogens (tertiary/aromatic N) is 2. The number of sulfonamides is 2. The molecule has 2 aromatic rings. The monoisotopic (exact) mass is 582 g/mol. The number of hydrogen-bond acceptors (Lipinski definition) is 8. The van der Waals surface area contributed by atoms with Crippen molar-refractivity contribution in [2.75, 3.05) is 11.6 Å². The summed E-state index contributed by atoms with van der Waals surface area (Å²) >= 11 is 1.03.